The third-order valence-corrected chi connectivity index (χ3v) is 4.48. The van der Waals surface area contributed by atoms with Crippen molar-refractivity contribution in [2.24, 2.45) is 0 Å². The molecule has 0 saturated heterocycles. The molecule has 0 amide bonds. The zero-order chi connectivity index (χ0) is 15.9. The van der Waals surface area contributed by atoms with E-state index in [9.17, 15) is 0 Å². The van der Waals surface area contributed by atoms with Crippen molar-refractivity contribution in [3.63, 3.8) is 0 Å². The molecule has 0 fully saturated rings. The van der Waals surface area contributed by atoms with E-state index in [4.69, 9.17) is 0 Å². The molecule has 0 saturated carbocycles. The number of aryl methyl sites for hydroxylation is 2. The van der Waals surface area contributed by atoms with Crippen LogP contribution >= 0.6 is 0 Å². The summed E-state index contributed by atoms with van der Waals surface area (Å²) < 4.78 is 0. The van der Waals surface area contributed by atoms with Gasteiger partial charge in [-0.15, -0.1) is 0 Å². The van der Waals surface area contributed by atoms with E-state index in [1.807, 2.05) is 0 Å². The van der Waals surface area contributed by atoms with Gasteiger partial charge in [0.1, 0.15) is 0 Å². The summed E-state index contributed by atoms with van der Waals surface area (Å²) in [6.07, 6.45) is 19.6. The fourth-order valence-electron chi connectivity index (χ4n) is 3.06. The van der Waals surface area contributed by atoms with Crippen LogP contribution in [0.3, 0.4) is 0 Å². The molecule has 1 aromatic rings. The van der Waals surface area contributed by atoms with Crippen molar-refractivity contribution in [2.75, 3.05) is 0 Å². The van der Waals surface area contributed by atoms with Crippen molar-refractivity contribution in [3.8, 4) is 0 Å². The number of nitrogens with zero attached hydrogens (tertiary/aromatic N) is 1. The summed E-state index contributed by atoms with van der Waals surface area (Å²) in [6, 6.07) is 6.36. The number of hydrogen-bond acceptors (Lipinski definition) is 1. The van der Waals surface area contributed by atoms with Gasteiger partial charge in [0, 0.05) is 11.4 Å². The number of aromatic nitrogens is 1. The van der Waals surface area contributed by atoms with Crippen LogP contribution in [0.1, 0.15) is 102 Å². The number of pyridine rings is 1. The molecular weight excluding hydrogens is 266 g/mol. The van der Waals surface area contributed by atoms with E-state index in [2.05, 4.69) is 37.0 Å². The minimum absolute atomic E-state index is 1.15. The van der Waals surface area contributed by atoms with Crippen LogP contribution in [0.15, 0.2) is 18.2 Å². The first-order chi connectivity index (χ1) is 10.8. The van der Waals surface area contributed by atoms with Gasteiger partial charge < -0.3 is 0 Å². The Kier molecular flexibility index (Phi) is 12.0. The summed E-state index contributed by atoms with van der Waals surface area (Å²) in [5.74, 6) is 0. The van der Waals surface area contributed by atoms with E-state index in [0.29, 0.717) is 0 Å². The maximum Gasteiger partial charge on any atom is 0.0406 e. The number of rotatable bonds is 14. The van der Waals surface area contributed by atoms with Crippen LogP contribution in [0.25, 0.3) is 0 Å². The largest absolute Gasteiger partial charge is 0.258 e. The van der Waals surface area contributed by atoms with Crippen LogP contribution in [0, 0.1) is 6.92 Å². The summed E-state index contributed by atoms with van der Waals surface area (Å²) in [7, 11) is 0. The topological polar surface area (TPSA) is 12.9 Å². The Hall–Kier alpha value is -0.850. The second-order valence-corrected chi connectivity index (χ2v) is 6.76. The molecule has 0 spiro atoms. The first-order valence-electron chi connectivity index (χ1n) is 9.75. The number of unbranched alkanes of at least 4 members (excludes halogenated alkanes) is 12. The van der Waals surface area contributed by atoms with Gasteiger partial charge in [-0.1, -0.05) is 90.0 Å². The highest BCUT2D eigenvalue weighted by molar-refractivity contribution is 5.09. The zero-order valence-electron chi connectivity index (χ0n) is 15.1. The molecule has 126 valence electrons. The summed E-state index contributed by atoms with van der Waals surface area (Å²) in [4.78, 5) is 4.57. The Balaban J connectivity index is 1.80. The Morgan fingerprint density at radius 2 is 1.18 bits per heavy atom. The minimum Gasteiger partial charge on any atom is -0.258 e. The highest BCUT2D eigenvalue weighted by Crippen LogP contribution is 2.13. The molecule has 0 unspecified atom stereocenters. The van der Waals surface area contributed by atoms with E-state index >= 15 is 0 Å². The van der Waals surface area contributed by atoms with Crippen molar-refractivity contribution in [1.29, 1.82) is 0 Å². The van der Waals surface area contributed by atoms with Crippen molar-refractivity contribution >= 4 is 0 Å². The van der Waals surface area contributed by atoms with Gasteiger partial charge in [0.2, 0.25) is 0 Å². The molecule has 0 aliphatic carbocycles. The lowest BCUT2D eigenvalue weighted by Crippen LogP contribution is -1.92. The molecule has 1 rings (SSSR count). The normalized spacial score (nSPS) is 11.0. The van der Waals surface area contributed by atoms with Gasteiger partial charge in [-0.2, -0.15) is 0 Å². The predicted molar refractivity (Wildman–Crippen MR) is 98.4 cm³/mol. The van der Waals surface area contributed by atoms with Crippen molar-refractivity contribution < 1.29 is 0 Å². The molecule has 0 atom stereocenters. The van der Waals surface area contributed by atoms with Crippen LogP contribution in [-0.2, 0) is 6.42 Å². The fourth-order valence-corrected chi connectivity index (χ4v) is 3.06. The van der Waals surface area contributed by atoms with Gasteiger partial charge in [0.25, 0.3) is 0 Å². The molecule has 1 aromatic heterocycles. The molecule has 0 N–H and O–H groups in total. The maximum absolute atomic E-state index is 4.57. The lowest BCUT2D eigenvalue weighted by molar-refractivity contribution is 0.539. The van der Waals surface area contributed by atoms with Crippen LogP contribution < -0.4 is 0 Å². The summed E-state index contributed by atoms with van der Waals surface area (Å²) in [5, 5.41) is 0. The highest BCUT2D eigenvalue weighted by atomic mass is 14.7. The second kappa shape index (κ2) is 13.8. The highest BCUT2D eigenvalue weighted by Gasteiger charge is 1.96. The smallest absolute Gasteiger partial charge is 0.0406 e. The van der Waals surface area contributed by atoms with E-state index in [1.54, 1.807) is 0 Å². The van der Waals surface area contributed by atoms with Crippen molar-refractivity contribution in [1.82, 2.24) is 4.98 Å². The van der Waals surface area contributed by atoms with Gasteiger partial charge in [-0.3, -0.25) is 4.98 Å². The minimum atomic E-state index is 1.15. The Morgan fingerprint density at radius 1 is 0.682 bits per heavy atom. The quantitative estimate of drug-likeness (QED) is 0.336. The van der Waals surface area contributed by atoms with Crippen LogP contribution in [0.2, 0.25) is 0 Å². The molecule has 1 nitrogen and oxygen atoms in total. The third kappa shape index (κ3) is 10.8. The Bertz CT molecular complexity index is 359. The standard InChI is InChI=1S/C21H37N/c1-3-4-5-6-7-8-9-10-11-12-13-14-15-18-21-19-16-17-20(2)22-21/h16-17,19H,3-15,18H2,1-2H3. The molecule has 0 radical (unpaired) electrons. The molecule has 22 heavy (non-hydrogen) atoms. The Morgan fingerprint density at radius 3 is 1.68 bits per heavy atom. The summed E-state index contributed by atoms with van der Waals surface area (Å²) in [5.41, 5.74) is 2.41. The first kappa shape index (κ1) is 19.2. The molecule has 0 aromatic carbocycles. The maximum atomic E-state index is 4.57. The average Bonchev–Trinajstić information content (AvgIpc) is 2.52. The summed E-state index contributed by atoms with van der Waals surface area (Å²) >= 11 is 0. The van der Waals surface area contributed by atoms with Crippen LogP contribution in [-0.4, -0.2) is 4.98 Å². The van der Waals surface area contributed by atoms with Gasteiger partial charge in [0.05, 0.1) is 0 Å². The molecular formula is C21H37N. The van der Waals surface area contributed by atoms with Gasteiger partial charge in [-0.05, 0) is 31.9 Å². The third-order valence-electron chi connectivity index (χ3n) is 4.48. The lowest BCUT2D eigenvalue weighted by Gasteiger charge is -2.04. The van der Waals surface area contributed by atoms with Gasteiger partial charge in [-0.25, -0.2) is 0 Å². The lowest BCUT2D eigenvalue weighted by atomic mass is 10.0. The first-order valence-corrected chi connectivity index (χ1v) is 9.75. The molecule has 1 heteroatoms. The van der Waals surface area contributed by atoms with Crippen LogP contribution in [0.4, 0.5) is 0 Å². The predicted octanol–water partition coefficient (Wildman–Crippen LogP) is 7.02. The van der Waals surface area contributed by atoms with E-state index in [0.717, 1.165) is 12.1 Å². The SMILES string of the molecule is CCCCCCCCCCCCCCCc1cccc(C)n1. The average molecular weight is 304 g/mol. The molecule has 1 heterocycles. The van der Waals surface area contributed by atoms with Crippen molar-refractivity contribution in [2.45, 2.75) is 104 Å². The molecule has 0 bridgehead atoms. The molecule has 0 aliphatic heterocycles. The van der Waals surface area contributed by atoms with Gasteiger partial charge >= 0.3 is 0 Å². The fraction of sp³-hybridized carbons (Fsp3) is 0.762. The molecule has 0 aliphatic rings. The Labute approximate surface area is 138 Å². The van der Waals surface area contributed by atoms with Crippen LogP contribution in [0.5, 0.6) is 0 Å². The van der Waals surface area contributed by atoms with Gasteiger partial charge in [0.15, 0.2) is 0 Å². The number of hydrogen-bond donors (Lipinski definition) is 0. The zero-order valence-corrected chi connectivity index (χ0v) is 15.1. The van der Waals surface area contributed by atoms with E-state index < -0.39 is 0 Å². The van der Waals surface area contributed by atoms with Crippen molar-refractivity contribution in [3.05, 3.63) is 29.6 Å². The van der Waals surface area contributed by atoms with E-state index in [-0.39, 0.29) is 0 Å². The van der Waals surface area contributed by atoms with E-state index in [1.165, 1.54) is 89.2 Å². The second-order valence-electron chi connectivity index (χ2n) is 6.76. The monoisotopic (exact) mass is 303 g/mol. The summed E-state index contributed by atoms with van der Waals surface area (Å²) in [6.45, 7) is 4.37.